The summed E-state index contributed by atoms with van der Waals surface area (Å²) in [4.78, 5) is 4.02. The van der Waals surface area contributed by atoms with Crippen LogP contribution in [0.4, 0.5) is 14.7 Å². The number of aromatic nitrogens is 3. The smallest absolute Gasteiger partial charge is 0.248 e. The van der Waals surface area contributed by atoms with Crippen LogP contribution in [0.5, 0.6) is 5.75 Å². The Morgan fingerprint density at radius 2 is 2.28 bits per heavy atom. The molecule has 96 valence electrons. The van der Waals surface area contributed by atoms with Gasteiger partial charge in [0, 0.05) is 25.0 Å². The van der Waals surface area contributed by atoms with Crippen LogP contribution in [0.2, 0.25) is 0 Å². The Morgan fingerprint density at radius 3 is 3.00 bits per heavy atom. The summed E-state index contributed by atoms with van der Waals surface area (Å²) in [7, 11) is 0. The first kappa shape index (κ1) is 11.2. The van der Waals surface area contributed by atoms with Crippen molar-refractivity contribution in [2.45, 2.75) is 18.8 Å². The molecule has 1 aliphatic carbocycles. The highest BCUT2D eigenvalue weighted by Gasteiger charge is 2.45. The number of nitrogens with two attached hydrogens (primary N) is 1. The number of halogens is 2. The lowest BCUT2D eigenvalue weighted by Gasteiger charge is -2.34. The third kappa shape index (κ3) is 1.96. The summed E-state index contributed by atoms with van der Waals surface area (Å²) in [5.74, 6) is -1.95. The molecule has 0 atom stereocenters. The van der Waals surface area contributed by atoms with Crippen LogP contribution in [-0.4, -0.2) is 27.1 Å². The largest absolute Gasteiger partial charge is 0.489 e. The minimum atomic E-state index is -2.51. The van der Waals surface area contributed by atoms with E-state index in [4.69, 9.17) is 10.5 Å². The van der Waals surface area contributed by atoms with Gasteiger partial charge < -0.3 is 10.5 Å². The number of ether oxygens (including phenoxy) is 1. The number of nitrogen functional groups attached to an aromatic ring is 1. The second-order valence-electron chi connectivity index (χ2n) is 4.55. The lowest BCUT2D eigenvalue weighted by molar-refractivity contribution is -0.119. The SMILES string of the molecule is Nc1nc2c(OCC3CC(F)(F)C3)cccn2n1. The van der Waals surface area contributed by atoms with Crippen molar-refractivity contribution in [3.8, 4) is 5.75 Å². The van der Waals surface area contributed by atoms with Gasteiger partial charge in [0.05, 0.1) is 6.61 Å². The van der Waals surface area contributed by atoms with E-state index in [9.17, 15) is 8.78 Å². The number of hydrogen-bond donors (Lipinski definition) is 1. The monoisotopic (exact) mass is 254 g/mol. The molecule has 2 N–H and O–H groups in total. The van der Waals surface area contributed by atoms with Gasteiger partial charge in [0.25, 0.3) is 0 Å². The molecule has 2 aromatic rings. The summed E-state index contributed by atoms with van der Waals surface area (Å²) < 4.78 is 32.4. The van der Waals surface area contributed by atoms with E-state index in [1.54, 1.807) is 18.3 Å². The molecule has 0 spiro atoms. The fourth-order valence-corrected chi connectivity index (χ4v) is 2.12. The maximum absolute atomic E-state index is 12.7. The molecule has 1 saturated carbocycles. The van der Waals surface area contributed by atoms with Crippen LogP contribution in [0.25, 0.3) is 5.65 Å². The molecule has 3 rings (SSSR count). The van der Waals surface area contributed by atoms with Gasteiger partial charge in [0.1, 0.15) is 0 Å². The summed E-state index contributed by atoms with van der Waals surface area (Å²) >= 11 is 0. The van der Waals surface area contributed by atoms with E-state index in [2.05, 4.69) is 10.1 Å². The molecule has 0 radical (unpaired) electrons. The zero-order chi connectivity index (χ0) is 12.8. The fourth-order valence-electron chi connectivity index (χ4n) is 2.12. The number of alkyl halides is 2. The van der Waals surface area contributed by atoms with Crippen LogP contribution in [0.1, 0.15) is 12.8 Å². The summed E-state index contributed by atoms with van der Waals surface area (Å²) in [5.41, 5.74) is 5.99. The first-order chi connectivity index (χ1) is 8.53. The predicted octanol–water partition coefficient (Wildman–Crippen LogP) is 1.74. The van der Waals surface area contributed by atoms with Gasteiger partial charge in [-0.1, -0.05) is 0 Å². The van der Waals surface area contributed by atoms with Crippen LogP contribution >= 0.6 is 0 Å². The van der Waals surface area contributed by atoms with E-state index >= 15 is 0 Å². The Morgan fingerprint density at radius 1 is 1.50 bits per heavy atom. The molecule has 2 heterocycles. The van der Waals surface area contributed by atoms with Gasteiger partial charge in [-0.15, -0.1) is 5.10 Å². The highest BCUT2D eigenvalue weighted by molar-refractivity contribution is 5.54. The molecule has 1 fully saturated rings. The Hall–Kier alpha value is -1.92. The first-order valence-electron chi connectivity index (χ1n) is 5.65. The maximum atomic E-state index is 12.7. The van der Waals surface area contributed by atoms with Crippen LogP contribution in [0, 0.1) is 5.92 Å². The first-order valence-corrected chi connectivity index (χ1v) is 5.65. The van der Waals surface area contributed by atoms with Gasteiger partial charge >= 0.3 is 0 Å². The summed E-state index contributed by atoms with van der Waals surface area (Å²) in [5, 5.41) is 3.94. The lowest BCUT2D eigenvalue weighted by Crippen LogP contribution is -2.38. The Bertz CT molecular complexity index is 575. The number of nitrogens with zero attached hydrogens (tertiary/aromatic N) is 3. The fraction of sp³-hybridized carbons (Fsp3) is 0.455. The van der Waals surface area contributed by atoms with E-state index < -0.39 is 5.92 Å². The second kappa shape index (κ2) is 3.79. The highest BCUT2D eigenvalue weighted by atomic mass is 19.3. The number of rotatable bonds is 3. The number of anilines is 1. The standard InChI is InChI=1S/C11H12F2N4O/c12-11(13)4-7(5-11)6-18-8-2-1-3-17-9(8)15-10(14)16-17/h1-3,7H,4-6H2,(H2,14,16). The molecule has 0 amide bonds. The van der Waals surface area contributed by atoms with Crippen LogP contribution in [-0.2, 0) is 0 Å². The van der Waals surface area contributed by atoms with E-state index in [1.807, 2.05) is 0 Å². The molecule has 0 unspecified atom stereocenters. The molecular formula is C11H12F2N4O. The number of fused-ring (bicyclic) bond motifs is 1. The summed E-state index contributed by atoms with van der Waals surface area (Å²) in [6.45, 7) is 0.266. The molecule has 5 nitrogen and oxygen atoms in total. The van der Waals surface area contributed by atoms with Crippen LogP contribution < -0.4 is 10.5 Å². The zero-order valence-corrected chi connectivity index (χ0v) is 9.51. The number of hydrogen-bond acceptors (Lipinski definition) is 4. The Kier molecular flexibility index (Phi) is 2.36. The highest BCUT2D eigenvalue weighted by Crippen LogP contribution is 2.42. The van der Waals surface area contributed by atoms with Crippen molar-refractivity contribution in [1.29, 1.82) is 0 Å². The van der Waals surface area contributed by atoms with Gasteiger partial charge in [-0.2, -0.15) is 4.98 Å². The number of pyridine rings is 1. The maximum Gasteiger partial charge on any atom is 0.248 e. The van der Waals surface area contributed by atoms with Gasteiger partial charge in [-0.25, -0.2) is 13.3 Å². The van der Waals surface area contributed by atoms with Crippen LogP contribution in [0.3, 0.4) is 0 Å². The molecule has 0 saturated heterocycles. The van der Waals surface area contributed by atoms with Gasteiger partial charge in [0.15, 0.2) is 11.4 Å². The lowest BCUT2D eigenvalue weighted by atomic mass is 9.82. The van der Waals surface area contributed by atoms with Gasteiger partial charge in [-0.05, 0) is 12.1 Å². The molecular weight excluding hydrogens is 242 g/mol. The van der Waals surface area contributed by atoms with E-state index in [1.165, 1.54) is 4.52 Å². The average molecular weight is 254 g/mol. The topological polar surface area (TPSA) is 65.4 Å². The van der Waals surface area contributed by atoms with Crippen molar-refractivity contribution in [2.24, 2.45) is 5.92 Å². The predicted molar refractivity (Wildman–Crippen MR) is 60.6 cm³/mol. The van der Waals surface area contributed by atoms with Crippen molar-refractivity contribution in [3.05, 3.63) is 18.3 Å². The molecule has 2 aromatic heterocycles. The van der Waals surface area contributed by atoms with Crippen molar-refractivity contribution < 1.29 is 13.5 Å². The van der Waals surface area contributed by atoms with E-state index in [-0.39, 0.29) is 31.3 Å². The van der Waals surface area contributed by atoms with Crippen molar-refractivity contribution in [2.75, 3.05) is 12.3 Å². The molecule has 0 bridgehead atoms. The molecule has 0 aliphatic heterocycles. The van der Waals surface area contributed by atoms with Gasteiger partial charge in [0.2, 0.25) is 11.9 Å². The third-order valence-corrected chi connectivity index (χ3v) is 2.99. The molecule has 7 heteroatoms. The normalized spacial score (nSPS) is 18.8. The molecule has 18 heavy (non-hydrogen) atoms. The summed E-state index contributed by atoms with van der Waals surface area (Å²) in [6.07, 6.45) is 1.49. The van der Waals surface area contributed by atoms with E-state index in [0.29, 0.717) is 11.4 Å². The molecule has 1 aliphatic rings. The quantitative estimate of drug-likeness (QED) is 0.906. The van der Waals surface area contributed by atoms with Crippen molar-refractivity contribution in [3.63, 3.8) is 0 Å². The Balaban J connectivity index is 1.71. The van der Waals surface area contributed by atoms with Crippen molar-refractivity contribution in [1.82, 2.24) is 14.6 Å². The minimum absolute atomic E-state index is 0.0967. The Labute approximate surface area is 102 Å². The van der Waals surface area contributed by atoms with Crippen molar-refractivity contribution >= 4 is 11.6 Å². The summed E-state index contributed by atoms with van der Waals surface area (Å²) in [6, 6.07) is 3.46. The third-order valence-electron chi connectivity index (χ3n) is 2.99. The zero-order valence-electron chi connectivity index (χ0n) is 9.51. The second-order valence-corrected chi connectivity index (χ2v) is 4.55. The van der Waals surface area contributed by atoms with E-state index in [0.717, 1.165) is 0 Å². The molecule has 0 aromatic carbocycles. The minimum Gasteiger partial charge on any atom is -0.489 e. The average Bonchev–Trinajstić information content (AvgIpc) is 2.64. The van der Waals surface area contributed by atoms with Crippen LogP contribution in [0.15, 0.2) is 18.3 Å². The van der Waals surface area contributed by atoms with Gasteiger partial charge in [-0.3, -0.25) is 0 Å².